The second-order valence-corrected chi connectivity index (χ2v) is 5.69. The first-order valence-electron chi connectivity index (χ1n) is 8.12. The second-order valence-electron chi connectivity index (χ2n) is 5.69. The first-order valence-corrected chi connectivity index (χ1v) is 8.12. The van der Waals surface area contributed by atoms with Crippen LogP contribution in [-0.2, 0) is 14.3 Å². The largest absolute Gasteiger partial charge is 0.465 e. The van der Waals surface area contributed by atoms with E-state index < -0.39 is 29.6 Å². The number of carbonyl (C=O) groups is 3. The normalized spacial score (nSPS) is 11.6. The highest BCUT2D eigenvalue weighted by molar-refractivity contribution is 6.06. The summed E-state index contributed by atoms with van der Waals surface area (Å²) in [7, 11) is 2.23. The van der Waals surface area contributed by atoms with Gasteiger partial charge in [0.2, 0.25) is 5.91 Å². The molecule has 0 atom stereocenters. The Morgan fingerprint density at radius 2 is 1.38 bits per heavy atom. The number of alkyl halides is 3. The predicted octanol–water partition coefficient (Wildman–Crippen LogP) is 3.84. The van der Waals surface area contributed by atoms with Gasteiger partial charge in [-0.15, -0.1) is 0 Å². The van der Waals surface area contributed by atoms with Crippen LogP contribution < -0.4 is 5.32 Å². The lowest BCUT2D eigenvalue weighted by atomic mass is 10.0. The Morgan fingerprint density at radius 3 is 1.83 bits per heavy atom. The lowest BCUT2D eigenvalue weighted by Gasteiger charge is -2.13. The van der Waals surface area contributed by atoms with E-state index in [1.165, 1.54) is 42.5 Å². The van der Waals surface area contributed by atoms with E-state index in [9.17, 15) is 27.6 Å². The second kappa shape index (κ2) is 9.05. The third-order valence-corrected chi connectivity index (χ3v) is 3.71. The van der Waals surface area contributed by atoms with Crippen molar-refractivity contribution in [3.63, 3.8) is 0 Å². The molecule has 0 saturated carbocycles. The van der Waals surface area contributed by atoms with Gasteiger partial charge in [0, 0.05) is 11.8 Å². The number of halogens is 3. The number of allylic oxidation sites excluding steroid dienone is 1. The number of carbonyl (C=O) groups excluding carboxylic acids is 3. The van der Waals surface area contributed by atoms with Crippen molar-refractivity contribution in [2.45, 2.75) is 6.18 Å². The number of methoxy groups -OCH3 is 2. The molecule has 29 heavy (non-hydrogen) atoms. The van der Waals surface area contributed by atoms with Crippen LogP contribution in [0, 0.1) is 0 Å². The third-order valence-electron chi connectivity index (χ3n) is 3.71. The molecule has 0 radical (unpaired) electrons. The van der Waals surface area contributed by atoms with E-state index >= 15 is 0 Å². The highest BCUT2D eigenvalue weighted by Crippen LogP contribution is 2.33. The molecule has 0 aliphatic rings. The van der Waals surface area contributed by atoms with Crippen LogP contribution in [0.4, 0.5) is 18.9 Å². The van der Waals surface area contributed by atoms with E-state index in [1.807, 2.05) is 0 Å². The molecular weight excluding hydrogens is 391 g/mol. The molecule has 2 aromatic rings. The van der Waals surface area contributed by atoms with E-state index in [0.717, 1.165) is 14.2 Å². The van der Waals surface area contributed by atoms with E-state index in [0.29, 0.717) is 6.08 Å². The average molecular weight is 407 g/mol. The van der Waals surface area contributed by atoms with Gasteiger partial charge in [0.15, 0.2) is 0 Å². The molecule has 0 aliphatic heterocycles. The molecule has 0 spiro atoms. The van der Waals surface area contributed by atoms with Crippen LogP contribution in [0.1, 0.15) is 26.3 Å². The lowest BCUT2D eigenvalue weighted by Crippen LogP contribution is -2.16. The van der Waals surface area contributed by atoms with Crippen LogP contribution in [0.2, 0.25) is 0 Å². The number of esters is 2. The van der Waals surface area contributed by atoms with E-state index in [-0.39, 0.29) is 22.4 Å². The highest BCUT2D eigenvalue weighted by Gasteiger charge is 2.35. The van der Waals surface area contributed by atoms with Crippen LogP contribution in [0.15, 0.2) is 54.6 Å². The maximum absolute atomic E-state index is 13.4. The average Bonchev–Trinajstić information content (AvgIpc) is 2.70. The maximum Gasteiger partial charge on any atom is 0.417 e. The van der Waals surface area contributed by atoms with Gasteiger partial charge >= 0.3 is 18.1 Å². The molecule has 2 rings (SSSR count). The van der Waals surface area contributed by atoms with Crippen molar-refractivity contribution in [2.24, 2.45) is 0 Å². The molecule has 9 heteroatoms. The van der Waals surface area contributed by atoms with Gasteiger partial charge in [0.1, 0.15) is 0 Å². The Labute approximate surface area is 163 Å². The van der Waals surface area contributed by atoms with Crippen molar-refractivity contribution in [2.75, 3.05) is 19.5 Å². The minimum absolute atomic E-state index is 0.0795. The van der Waals surface area contributed by atoms with Crippen molar-refractivity contribution in [1.29, 1.82) is 0 Å². The topological polar surface area (TPSA) is 81.7 Å². The fourth-order valence-corrected chi connectivity index (χ4v) is 2.43. The Hall–Kier alpha value is -3.62. The smallest absolute Gasteiger partial charge is 0.417 e. The number of amides is 1. The summed E-state index contributed by atoms with van der Waals surface area (Å²) < 4.78 is 49.2. The summed E-state index contributed by atoms with van der Waals surface area (Å²) >= 11 is 0. The van der Waals surface area contributed by atoms with Crippen molar-refractivity contribution in [1.82, 2.24) is 0 Å². The number of rotatable bonds is 5. The van der Waals surface area contributed by atoms with Crippen molar-refractivity contribution in [3.05, 3.63) is 71.3 Å². The minimum atomic E-state index is -4.77. The molecule has 0 aliphatic carbocycles. The molecule has 152 valence electrons. The Morgan fingerprint density at radius 1 is 0.862 bits per heavy atom. The Kier molecular flexibility index (Phi) is 6.76. The molecule has 2 aromatic carbocycles. The zero-order valence-electron chi connectivity index (χ0n) is 15.4. The SMILES string of the molecule is COC(=O)c1cc(NC(=O)/C=C(/c2ccccc2)C(F)(F)F)cc(C(=O)OC)c1. The fourth-order valence-electron chi connectivity index (χ4n) is 2.43. The molecular formula is C20H16F3NO5. The first kappa shape index (κ1) is 21.7. The van der Waals surface area contributed by atoms with Gasteiger partial charge in [0.05, 0.1) is 30.9 Å². The van der Waals surface area contributed by atoms with E-state index in [2.05, 4.69) is 14.8 Å². The van der Waals surface area contributed by atoms with Gasteiger partial charge in [-0.3, -0.25) is 4.79 Å². The molecule has 0 unspecified atom stereocenters. The molecule has 1 amide bonds. The van der Waals surface area contributed by atoms with Crippen molar-refractivity contribution < 1.29 is 37.0 Å². The van der Waals surface area contributed by atoms with Crippen molar-refractivity contribution >= 4 is 29.1 Å². The summed E-state index contributed by atoms with van der Waals surface area (Å²) in [5.41, 5.74) is -1.59. The van der Waals surface area contributed by atoms with E-state index in [1.54, 1.807) is 6.07 Å². The predicted molar refractivity (Wildman–Crippen MR) is 98.2 cm³/mol. The van der Waals surface area contributed by atoms with Crippen LogP contribution in [0.25, 0.3) is 5.57 Å². The highest BCUT2D eigenvalue weighted by atomic mass is 19.4. The number of hydrogen-bond acceptors (Lipinski definition) is 5. The maximum atomic E-state index is 13.4. The summed E-state index contributed by atoms with van der Waals surface area (Å²) in [6.07, 6.45) is -4.37. The number of nitrogens with one attached hydrogen (secondary N) is 1. The Balaban J connectivity index is 2.41. The molecule has 1 N–H and O–H groups in total. The quantitative estimate of drug-likeness (QED) is 0.602. The summed E-state index contributed by atoms with van der Waals surface area (Å²) in [4.78, 5) is 35.7. The standard InChI is InChI=1S/C20H16F3NO5/c1-28-18(26)13-8-14(19(27)29-2)10-15(9-13)24-17(25)11-16(20(21,22)23)12-6-4-3-5-7-12/h3-11H,1-2H3,(H,24,25)/b16-11-. The van der Waals surface area contributed by atoms with Gasteiger partial charge in [-0.1, -0.05) is 30.3 Å². The van der Waals surface area contributed by atoms with E-state index in [4.69, 9.17) is 0 Å². The van der Waals surface area contributed by atoms with Gasteiger partial charge in [-0.05, 0) is 23.8 Å². The summed E-state index contributed by atoms with van der Waals surface area (Å²) in [5.74, 6) is -2.71. The molecule has 0 heterocycles. The van der Waals surface area contributed by atoms with Gasteiger partial charge in [-0.25, -0.2) is 9.59 Å². The summed E-state index contributed by atoms with van der Waals surface area (Å²) in [5, 5.41) is 2.22. The van der Waals surface area contributed by atoms with Gasteiger partial charge in [-0.2, -0.15) is 13.2 Å². The molecule has 0 saturated heterocycles. The zero-order valence-corrected chi connectivity index (χ0v) is 15.4. The molecule has 0 aromatic heterocycles. The molecule has 0 fully saturated rings. The third kappa shape index (κ3) is 5.68. The minimum Gasteiger partial charge on any atom is -0.465 e. The number of benzene rings is 2. The van der Waals surface area contributed by atoms with Crippen LogP contribution in [0.3, 0.4) is 0 Å². The fraction of sp³-hybridized carbons (Fsp3) is 0.150. The zero-order chi connectivity index (χ0) is 21.6. The van der Waals surface area contributed by atoms with Crippen LogP contribution in [0.5, 0.6) is 0 Å². The first-order chi connectivity index (χ1) is 13.7. The number of hydrogen-bond donors (Lipinski definition) is 1. The monoisotopic (exact) mass is 407 g/mol. The molecule has 0 bridgehead atoms. The number of ether oxygens (including phenoxy) is 2. The summed E-state index contributed by atoms with van der Waals surface area (Å²) in [6.45, 7) is 0. The van der Waals surface area contributed by atoms with Crippen LogP contribution >= 0.6 is 0 Å². The van der Waals surface area contributed by atoms with Crippen LogP contribution in [-0.4, -0.2) is 38.2 Å². The van der Waals surface area contributed by atoms with Crippen molar-refractivity contribution in [3.8, 4) is 0 Å². The lowest BCUT2D eigenvalue weighted by molar-refractivity contribution is -0.112. The molecule has 6 nitrogen and oxygen atoms in total. The summed E-state index contributed by atoms with van der Waals surface area (Å²) in [6, 6.07) is 10.3. The Bertz CT molecular complexity index is 918. The van der Waals surface area contributed by atoms with Gasteiger partial charge in [0.25, 0.3) is 0 Å². The number of anilines is 1. The van der Waals surface area contributed by atoms with Gasteiger partial charge < -0.3 is 14.8 Å².